The third-order valence-electron chi connectivity index (χ3n) is 4.52. The predicted octanol–water partition coefficient (Wildman–Crippen LogP) is 3.21. The van der Waals surface area contributed by atoms with Crippen molar-refractivity contribution in [2.24, 2.45) is 0 Å². The van der Waals surface area contributed by atoms with Crippen molar-refractivity contribution in [1.29, 1.82) is 5.26 Å². The fourth-order valence-electron chi connectivity index (χ4n) is 3.14. The summed E-state index contributed by atoms with van der Waals surface area (Å²) < 4.78 is 25.4. The summed E-state index contributed by atoms with van der Waals surface area (Å²) >= 11 is 6.19. The van der Waals surface area contributed by atoms with Gasteiger partial charge in [0.1, 0.15) is 0 Å². The molecule has 1 aliphatic heterocycles. The molecule has 0 radical (unpaired) electrons. The highest BCUT2D eigenvalue weighted by Gasteiger charge is 2.33. The normalized spacial score (nSPS) is 19.4. The van der Waals surface area contributed by atoms with Crippen molar-refractivity contribution in [3.05, 3.63) is 70.2 Å². The van der Waals surface area contributed by atoms with Crippen molar-refractivity contribution in [3.63, 3.8) is 0 Å². The average Bonchev–Trinajstić information content (AvgIpc) is 2.80. The van der Waals surface area contributed by atoms with E-state index in [-0.39, 0.29) is 24.6 Å². The molecule has 134 valence electrons. The maximum absolute atomic E-state index is 12.7. The summed E-state index contributed by atoms with van der Waals surface area (Å²) in [6.07, 6.45) is 0.287. The van der Waals surface area contributed by atoms with Crippen LogP contribution in [0.15, 0.2) is 48.5 Å². The maximum Gasteiger partial charge on any atom is 0.253 e. The molecule has 0 spiro atoms. The number of nitriles is 1. The number of rotatable bonds is 2. The molecule has 0 saturated carbocycles. The minimum Gasteiger partial charge on any atom is -0.338 e. The molecule has 1 aliphatic rings. The van der Waals surface area contributed by atoms with Crippen LogP contribution in [0, 0.1) is 11.3 Å². The van der Waals surface area contributed by atoms with E-state index in [1.165, 1.54) is 11.0 Å². The molecular weight excluding hydrogens is 372 g/mol. The molecular formula is C19H17ClN2O3S. The van der Waals surface area contributed by atoms with Crippen LogP contribution >= 0.6 is 11.6 Å². The fraction of sp³-hybridized carbons (Fsp3) is 0.263. The topological polar surface area (TPSA) is 78.2 Å². The quantitative estimate of drug-likeness (QED) is 0.791. The Morgan fingerprint density at radius 3 is 2.65 bits per heavy atom. The van der Waals surface area contributed by atoms with Crippen molar-refractivity contribution in [2.75, 3.05) is 18.8 Å². The van der Waals surface area contributed by atoms with Gasteiger partial charge in [0.25, 0.3) is 5.91 Å². The molecule has 0 aliphatic carbocycles. The molecule has 2 aromatic carbocycles. The summed E-state index contributed by atoms with van der Waals surface area (Å²) in [4.78, 5) is 14.3. The third-order valence-corrected chi connectivity index (χ3v) is 6.97. The minimum atomic E-state index is -3.43. The smallest absolute Gasteiger partial charge is 0.253 e. The molecule has 2 aromatic rings. The zero-order chi connectivity index (χ0) is 18.7. The van der Waals surface area contributed by atoms with Gasteiger partial charge >= 0.3 is 0 Å². The SMILES string of the molecule is N#Cc1cccc(C(=O)N2CC[C@@H](c3ccccc3Cl)S(=O)(=O)CC2)c1. The van der Waals surface area contributed by atoms with Crippen LogP contribution in [0.4, 0.5) is 0 Å². The number of amides is 1. The summed E-state index contributed by atoms with van der Waals surface area (Å²) in [7, 11) is -3.43. The van der Waals surface area contributed by atoms with E-state index in [1.54, 1.807) is 42.5 Å². The van der Waals surface area contributed by atoms with Gasteiger partial charge in [0.2, 0.25) is 0 Å². The Hall–Kier alpha value is -2.36. The minimum absolute atomic E-state index is 0.118. The molecule has 1 fully saturated rings. The number of carbonyl (C=O) groups is 1. The van der Waals surface area contributed by atoms with Crippen LogP contribution in [-0.2, 0) is 9.84 Å². The van der Waals surface area contributed by atoms with Crippen molar-refractivity contribution < 1.29 is 13.2 Å². The summed E-state index contributed by atoms with van der Waals surface area (Å²) in [5.74, 6) is -0.385. The van der Waals surface area contributed by atoms with Gasteiger partial charge in [-0.05, 0) is 36.2 Å². The van der Waals surface area contributed by atoms with Gasteiger partial charge in [-0.2, -0.15) is 5.26 Å². The molecule has 26 heavy (non-hydrogen) atoms. The largest absolute Gasteiger partial charge is 0.338 e. The van der Waals surface area contributed by atoms with Gasteiger partial charge in [-0.1, -0.05) is 35.9 Å². The van der Waals surface area contributed by atoms with Crippen LogP contribution < -0.4 is 0 Å². The first-order valence-electron chi connectivity index (χ1n) is 8.18. The highest BCUT2D eigenvalue weighted by atomic mass is 35.5. The van der Waals surface area contributed by atoms with Crippen molar-refractivity contribution >= 4 is 27.3 Å². The lowest BCUT2D eigenvalue weighted by atomic mass is 10.1. The lowest BCUT2D eigenvalue weighted by molar-refractivity contribution is 0.0766. The number of benzene rings is 2. The van der Waals surface area contributed by atoms with Gasteiger partial charge in [-0.15, -0.1) is 0 Å². The zero-order valence-electron chi connectivity index (χ0n) is 13.9. The molecule has 0 bridgehead atoms. The first-order chi connectivity index (χ1) is 12.4. The second kappa shape index (κ2) is 7.48. The number of sulfone groups is 1. The maximum atomic E-state index is 12.7. The van der Waals surface area contributed by atoms with E-state index in [0.717, 1.165) is 0 Å². The Kier molecular flexibility index (Phi) is 5.30. The van der Waals surface area contributed by atoms with E-state index in [2.05, 4.69) is 0 Å². The highest BCUT2D eigenvalue weighted by molar-refractivity contribution is 7.91. The number of nitrogens with zero attached hydrogens (tertiary/aromatic N) is 2. The summed E-state index contributed by atoms with van der Waals surface area (Å²) in [6, 6.07) is 15.3. The van der Waals surface area contributed by atoms with Crippen LogP contribution in [0.25, 0.3) is 0 Å². The summed E-state index contributed by atoms with van der Waals surface area (Å²) in [5.41, 5.74) is 1.36. The Bertz CT molecular complexity index is 982. The van der Waals surface area contributed by atoms with Crippen molar-refractivity contribution in [1.82, 2.24) is 4.90 Å². The van der Waals surface area contributed by atoms with Gasteiger partial charge in [0, 0.05) is 23.7 Å². The third kappa shape index (κ3) is 3.74. The first-order valence-corrected chi connectivity index (χ1v) is 10.3. The molecule has 1 atom stereocenters. The Morgan fingerprint density at radius 2 is 1.92 bits per heavy atom. The molecule has 7 heteroatoms. The first kappa shape index (κ1) is 18.4. The number of halogens is 1. The van der Waals surface area contributed by atoms with Crippen molar-refractivity contribution in [3.8, 4) is 6.07 Å². The molecule has 0 unspecified atom stereocenters. The molecule has 1 heterocycles. The monoisotopic (exact) mass is 388 g/mol. The lowest BCUT2D eigenvalue weighted by Crippen LogP contribution is -2.33. The van der Waals surface area contributed by atoms with Crippen LogP contribution in [0.1, 0.15) is 33.2 Å². The van der Waals surface area contributed by atoms with Crippen LogP contribution in [0.5, 0.6) is 0 Å². The van der Waals surface area contributed by atoms with Gasteiger partial charge in [-0.3, -0.25) is 4.79 Å². The van der Waals surface area contributed by atoms with E-state index in [9.17, 15) is 13.2 Å². The molecule has 0 N–H and O–H groups in total. The molecule has 0 aromatic heterocycles. The summed E-state index contributed by atoms with van der Waals surface area (Å²) in [5, 5.41) is 8.68. The van der Waals surface area contributed by atoms with E-state index >= 15 is 0 Å². The second-order valence-electron chi connectivity index (χ2n) is 6.15. The van der Waals surface area contributed by atoms with Crippen molar-refractivity contribution in [2.45, 2.75) is 11.7 Å². The average molecular weight is 389 g/mol. The Labute approximate surface area is 157 Å². The summed E-state index contributed by atoms with van der Waals surface area (Å²) in [6.45, 7) is 0.434. The molecule has 1 amide bonds. The zero-order valence-corrected chi connectivity index (χ0v) is 15.5. The van der Waals surface area contributed by atoms with E-state index < -0.39 is 15.1 Å². The lowest BCUT2D eigenvalue weighted by Gasteiger charge is -2.20. The van der Waals surface area contributed by atoms with Gasteiger partial charge in [0.05, 0.1) is 22.6 Å². The predicted molar refractivity (Wildman–Crippen MR) is 99.7 cm³/mol. The Balaban J connectivity index is 1.86. The number of carbonyl (C=O) groups excluding carboxylic acids is 1. The molecule has 3 rings (SSSR count). The van der Waals surface area contributed by atoms with Crippen LogP contribution in [0.3, 0.4) is 0 Å². The van der Waals surface area contributed by atoms with Crippen LogP contribution in [0.2, 0.25) is 5.02 Å². The highest BCUT2D eigenvalue weighted by Crippen LogP contribution is 2.34. The second-order valence-corrected chi connectivity index (χ2v) is 8.86. The van der Waals surface area contributed by atoms with Gasteiger partial charge in [0.15, 0.2) is 9.84 Å². The van der Waals surface area contributed by atoms with E-state index in [0.29, 0.717) is 28.3 Å². The van der Waals surface area contributed by atoms with Gasteiger partial charge in [-0.25, -0.2) is 8.42 Å². The molecule has 1 saturated heterocycles. The Morgan fingerprint density at radius 1 is 1.15 bits per heavy atom. The number of hydrogen-bond donors (Lipinski definition) is 0. The van der Waals surface area contributed by atoms with E-state index in [1.807, 2.05) is 6.07 Å². The van der Waals surface area contributed by atoms with Gasteiger partial charge < -0.3 is 4.90 Å². The fourth-order valence-corrected chi connectivity index (χ4v) is 5.29. The number of hydrogen-bond acceptors (Lipinski definition) is 4. The van der Waals surface area contributed by atoms with Crippen LogP contribution in [-0.4, -0.2) is 38.1 Å². The molecule has 5 nitrogen and oxygen atoms in total. The van der Waals surface area contributed by atoms with E-state index in [4.69, 9.17) is 16.9 Å². The standard InChI is InChI=1S/C19H17ClN2O3S/c20-17-7-2-1-6-16(17)18-8-9-22(10-11-26(18,24)25)19(23)15-5-3-4-14(12-15)13-21/h1-7,12,18H,8-11H2/t18-/m0/s1.